The number of aromatic nitrogens is 3. The van der Waals surface area contributed by atoms with E-state index in [1.807, 2.05) is 6.92 Å². The van der Waals surface area contributed by atoms with E-state index in [9.17, 15) is 14.7 Å². The summed E-state index contributed by atoms with van der Waals surface area (Å²) in [4.78, 5) is 33.8. The van der Waals surface area contributed by atoms with Gasteiger partial charge in [0, 0.05) is 37.2 Å². The lowest BCUT2D eigenvalue weighted by Crippen LogP contribution is -2.45. The van der Waals surface area contributed by atoms with Crippen LogP contribution in [0.15, 0.2) is 37.1 Å². The molecule has 1 amide bonds. The first-order chi connectivity index (χ1) is 11.0. The molecule has 0 spiro atoms. The molecule has 23 heavy (non-hydrogen) atoms. The quantitative estimate of drug-likeness (QED) is 0.926. The minimum absolute atomic E-state index is 0.161. The summed E-state index contributed by atoms with van der Waals surface area (Å²) in [6, 6.07) is 3.34. The molecular weight excluding hydrogens is 296 g/mol. The van der Waals surface area contributed by atoms with Gasteiger partial charge in [-0.15, -0.1) is 0 Å². The smallest absolute Gasteiger partial charge is 0.308 e. The minimum Gasteiger partial charge on any atom is -0.481 e. The maximum absolute atomic E-state index is 12.7. The van der Waals surface area contributed by atoms with Crippen LogP contribution in [-0.4, -0.2) is 49.5 Å². The average molecular weight is 314 g/mol. The zero-order valence-corrected chi connectivity index (χ0v) is 12.8. The van der Waals surface area contributed by atoms with Crippen LogP contribution in [0, 0.1) is 11.8 Å². The number of rotatable bonds is 3. The van der Waals surface area contributed by atoms with Gasteiger partial charge in [0.05, 0.1) is 5.92 Å². The lowest BCUT2D eigenvalue weighted by atomic mass is 9.90. The van der Waals surface area contributed by atoms with Crippen molar-refractivity contribution in [3.8, 4) is 5.82 Å². The molecule has 1 aliphatic heterocycles. The molecule has 120 valence electrons. The maximum Gasteiger partial charge on any atom is 0.308 e. The first kappa shape index (κ1) is 15.2. The highest BCUT2D eigenvalue weighted by molar-refractivity contribution is 5.95. The predicted octanol–water partition coefficient (Wildman–Crippen LogP) is 1.45. The van der Waals surface area contributed by atoms with E-state index >= 15 is 0 Å². The predicted molar refractivity (Wildman–Crippen MR) is 82.2 cm³/mol. The first-order valence-electron chi connectivity index (χ1n) is 7.51. The van der Waals surface area contributed by atoms with Crippen LogP contribution in [0.3, 0.4) is 0 Å². The summed E-state index contributed by atoms with van der Waals surface area (Å²) in [7, 11) is 0. The van der Waals surface area contributed by atoms with Crippen molar-refractivity contribution >= 4 is 11.9 Å². The van der Waals surface area contributed by atoms with E-state index in [-0.39, 0.29) is 18.4 Å². The fourth-order valence-electron chi connectivity index (χ4n) is 2.97. The van der Waals surface area contributed by atoms with Gasteiger partial charge in [-0.1, -0.05) is 6.92 Å². The summed E-state index contributed by atoms with van der Waals surface area (Å²) in [6.07, 6.45) is 7.18. The Labute approximate surface area is 133 Å². The molecule has 0 bridgehead atoms. The Morgan fingerprint density at radius 3 is 2.83 bits per heavy atom. The largest absolute Gasteiger partial charge is 0.481 e. The second kappa shape index (κ2) is 6.20. The Kier molecular flexibility index (Phi) is 4.10. The van der Waals surface area contributed by atoms with Crippen LogP contribution in [-0.2, 0) is 4.79 Å². The van der Waals surface area contributed by atoms with E-state index < -0.39 is 11.9 Å². The fourth-order valence-corrected chi connectivity index (χ4v) is 2.97. The van der Waals surface area contributed by atoms with Crippen LogP contribution in [0.5, 0.6) is 0 Å². The SMILES string of the molecule is CC1CC(C(=O)O)CN(C(=O)c2ccnc(-n3ccnc3)c2)C1. The molecule has 0 radical (unpaired) electrons. The number of carboxylic acid groups (broad SMARTS) is 1. The van der Waals surface area contributed by atoms with Crippen molar-refractivity contribution in [1.29, 1.82) is 0 Å². The van der Waals surface area contributed by atoms with Gasteiger partial charge in [-0.2, -0.15) is 0 Å². The molecule has 2 aromatic rings. The van der Waals surface area contributed by atoms with Crippen LogP contribution in [0.1, 0.15) is 23.7 Å². The fraction of sp³-hybridized carbons (Fsp3) is 0.375. The number of nitrogens with zero attached hydrogens (tertiary/aromatic N) is 4. The van der Waals surface area contributed by atoms with E-state index in [0.29, 0.717) is 24.3 Å². The molecule has 7 heteroatoms. The number of imidazole rings is 1. The monoisotopic (exact) mass is 314 g/mol. The number of carbonyl (C=O) groups excluding carboxylic acids is 1. The molecule has 1 aliphatic rings. The zero-order valence-electron chi connectivity index (χ0n) is 12.8. The van der Waals surface area contributed by atoms with Gasteiger partial charge in [0.1, 0.15) is 12.1 Å². The Morgan fingerprint density at radius 2 is 2.13 bits per heavy atom. The Hall–Kier alpha value is -2.70. The normalized spacial score (nSPS) is 21.2. The summed E-state index contributed by atoms with van der Waals surface area (Å²) < 4.78 is 1.72. The Bertz CT molecular complexity index is 714. The molecule has 2 atom stereocenters. The molecule has 0 aliphatic carbocycles. The highest BCUT2D eigenvalue weighted by atomic mass is 16.4. The third kappa shape index (κ3) is 3.23. The van der Waals surface area contributed by atoms with Crippen molar-refractivity contribution in [1.82, 2.24) is 19.4 Å². The standard InChI is InChI=1S/C16H18N4O3/c1-11-6-13(16(22)23)9-20(8-11)15(21)12-2-3-18-14(7-12)19-5-4-17-10-19/h2-5,7,10-11,13H,6,8-9H2,1H3,(H,22,23). The molecule has 2 unspecified atom stereocenters. The highest BCUT2D eigenvalue weighted by Crippen LogP contribution is 2.23. The summed E-state index contributed by atoms with van der Waals surface area (Å²) >= 11 is 0. The Balaban J connectivity index is 1.82. The van der Waals surface area contributed by atoms with Crippen molar-refractivity contribution in [2.75, 3.05) is 13.1 Å². The van der Waals surface area contributed by atoms with E-state index in [2.05, 4.69) is 9.97 Å². The van der Waals surface area contributed by atoms with Crippen LogP contribution in [0.4, 0.5) is 0 Å². The van der Waals surface area contributed by atoms with Crippen molar-refractivity contribution in [2.45, 2.75) is 13.3 Å². The summed E-state index contributed by atoms with van der Waals surface area (Å²) in [6.45, 7) is 2.80. The van der Waals surface area contributed by atoms with Crippen molar-refractivity contribution < 1.29 is 14.7 Å². The number of carboxylic acids is 1. The van der Waals surface area contributed by atoms with E-state index in [1.54, 1.807) is 46.5 Å². The van der Waals surface area contributed by atoms with E-state index in [4.69, 9.17) is 0 Å². The molecule has 0 saturated carbocycles. The average Bonchev–Trinajstić information content (AvgIpc) is 3.08. The second-order valence-corrected chi connectivity index (χ2v) is 5.96. The van der Waals surface area contributed by atoms with E-state index in [1.165, 1.54) is 0 Å². The van der Waals surface area contributed by atoms with Gasteiger partial charge in [-0.25, -0.2) is 9.97 Å². The molecule has 7 nitrogen and oxygen atoms in total. The lowest BCUT2D eigenvalue weighted by molar-refractivity contribution is -0.143. The van der Waals surface area contributed by atoms with Crippen LogP contribution in [0.25, 0.3) is 5.82 Å². The number of piperidine rings is 1. The number of amides is 1. The molecule has 3 heterocycles. The van der Waals surface area contributed by atoms with Gasteiger partial charge in [-0.3, -0.25) is 14.2 Å². The highest BCUT2D eigenvalue weighted by Gasteiger charge is 2.32. The van der Waals surface area contributed by atoms with Crippen molar-refractivity contribution in [3.63, 3.8) is 0 Å². The minimum atomic E-state index is -0.844. The van der Waals surface area contributed by atoms with Gasteiger partial charge in [-0.05, 0) is 24.5 Å². The van der Waals surface area contributed by atoms with Gasteiger partial charge in [0.25, 0.3) is 5.91 Å². The molecule has 1 saturated heterocycles. The first-order valence-corrected chi connectivity index (χ1v) is 7.51. The van der Waals surface area contributed by atoms with Gasteiger partial charge in [0.2, 0.25) is 0 Å². The second-order valence-electron chi connectivity index (χ2n) is 5.96. The molecule has 3 rings (SSSR count). The third-order valence-corrected chi connectivity index (χ3v) is 4.06. The summed E-state index contributed by atoms with van der Waals surface area (Å²) in [5, 5.41) is 9.24. The number of hydrogen-bond donors (Lipinski definition) is 1. The number of carbonyl (C=O) groups is 2. The molecule has 0 aromatic carbocycles. The molecule has 2 aromatic heterocycles. The van der Waals surface area contributed by atoms with Crippen molar-refractivity contribution in [3.05, 3.63) is 42.6 Å². The number of pyridine rings is 1. The maximum atomic E-state index is 12.7. The third-order valence-electron chi connectivity index (χ3n) is 4.06. The molecule has 1 fully saturated rings. The van der Waals surface area contributed by atoms with E-state index in [0.717, 1.165) is 0 Å². The summed E-state index contributed by atoms with van der Waals surface area (Å²) in [5.41, 5.74) is 0.502. The van der Waals surface area contributed by atoms with Gasteiger partial charge < -0.3 is 10.0 Å². The van der Waals surface area contributed by atoms with Crippen molar-refractivity contribution in [2.24, 2.45) is 11.8 Å². The number of likely N-dealkylation sites (tertiary alicyclic amines) is 1. The lowest BCUT2D eigenvalue weighted by Gasteiger charge is -2.34. The number of aliphatic carboxylic acids is 1. The topological polar surface area (TPSA) is 88.3 Å². The molecule has 1 N–H and O–H groups in total. The van der Waals surface area contributed by atoms with Gasteiger partial charge in [0.15, 0.2) is 0 Å². The zero-order chi connectivity index (χ0) is 16.4. The number of hydrogen-bond acceptors (Lipinski definition) is 4. The Morgan fingerprint density at radius 1 is 1.30 bits per heavy atom. The molecular formula is C16H18N4O3. The van der Waals surface area contributed by atoms with Crippen LogP contribution >= 0.6 is 0 Å². The van der Waals surface area contributed by atoms with Gasteiger partial charge >= 0.3 is 5.97 Å². The van der Waals surface area contributed by atoms with Crippen LogP contribution in [0.2, 0.25) is 0 Å². The summed E-state index contributed by atoms with van der Waals surface area (Å²) in [5.74, 6) is -0.732. The van der Waals surface area contributed by atoms with Crippen LogP contribution < -0.4 is 0 Å².